The van der Waals surface area contributed by atoms with Crippen molar-refractivity contribution in [2.24, 2.45) is 14.1 Å². The van der Waals surface area contributed by atoms with Crippen LogP contribution in [-0.2, 0) is 20.6 Å². The number of fused-ring (bicyclic) bond motifs is 2. The highest BCUT2D eigenvalue weighted by molar-refractivity contribution is 9.11. The minimum absolute atomic E-state index is 0.0230. The number of nitro benzene ring substituents is 1. The Kier molecular flexibility index (Phi) is 20.5. The Morgan fingerprint density at radius 3 is 1.74 bits per heavy atom. The number of carbonyl (C=O) groups excluding carboxylic acids is 3. The van der Waals surface area contributed by atoms with E-state index in [2.05, 4.69) is 115 Å². The van der Waals surface area contributed by atoms with Crippen molar-refractivity contribution in [3.63, 3.8) is 0 Å². The normalized spacial score (nSPS) is 10.6. The smallest absolute Gasteiger partial charge is 0.292 e. The Morgan fingerprint density at radius 1 is 0.595 bits per heavy atom. The summed E-state index contributed by atoms with van der Waals surface area (Å²) in [5.74, 6) is 0.909. The summed E-state index contributed by atoms with van der Waals surface area (Å²) in [6.07, 6.45) is 13.9. The summed E-state index contributed by atoms with van der Waals surface area (Å²) in [5.41, 5.74) is 10.7. The van der Waals surface area contributed by atoms with E-state index in [4.69, 9.17) is 4.98 Å². The first-order valence-electron chi connectivity index (χ1n) is 25.8. The molecule has 5 N–H and O–H groups in total. The van der Waals surface area contributed by atoms with Crippen molar-refractivity contribution in [2.75, 3.05) is 30.0 Å². The third-order valence-electron chi connectivity index (χ3n) is 12.4. The molecule has 0 saturated heterocycles. The fourth-order valence-electron chi connectivity index (χ4n) is 8.27. The molecule has 84 heavy (non-hydrogen) atoms. The number of nitro groups is 1. The summed E-state index contributed by atoms with van der Waals surface area (Å²) < 4.78 is 8.70. The molecule has 24 heteroatoms. The number of rotatable bonds is 13. The zero-order valence-electron chi connectivity index (χ0n) is 46.1. The molecule has 11 aromatic rings. The molecule has 0 saturated carbocycles. The van der Waals surface area contributed by atoms with Gasteiger partial charge in [0.2, 0.25) is 0 Å². The molecule has 0 bridgehead atoms. The maximum Gasteiger partial charge on any atom is 0.292 e. The summed E-state index contributed by atoms with van der Waals surface area (Å²) in [6.45, 7) is 3.99. The second-order valence-corrected chi connectivity index (χ2v) is 21.3. The van der Waals surface area contributed by atoms with E-state index in [1.165, 1.54) is 12.3 Å². The van der Waals surface area contributed by atoms with Gasteiger partial charge < -0.3 is 35.7 Å². The average Bonchev–Trinajstić information content (AvgIpc) is 2.96. The SMILES string of the molecule is CC(C)NC(=O)c1cccc(C(=O)NCc2cnn(-c3ccc4nc(-c5cccnc5)n(C)c4c3)c2)n1.CNc1cc(Br)ccc1NC(=O)c1cccnc1.CNc1cc(Br)ccc1[N+](=O)[O-].Cn1c(-c2cccnc2)nc2ccc(Br)cc21. The molecule has 0 radical (unpaired) electrons. The molecule has 0 spiro atoms. The number of hydrogen-bond acceptors (Lipinski definition) is 14. The Labute approximate surface area is 508 Å². The van der Waals surface area contributed by atoms with Crippen molar-refractivity contribution < 1.29 is 19.3 Å². The summed E-state index contributed by atoms with van der Waals surface area (Å²) in [5, 5.41) is 29.1. The second-order valence-electron chi connectivity index (χ2n) is 18.6. The highest BCUT2D eigenvalue weighted by Gasteiger charge is 2.17. The van der Waals surface area contributed by atoms with Gasteiger partial charge in [0.05, 0.1) is 55.8 Å². The van der Waals surface area contributed by atoms with E-state index in [-0.39, 0.29) is 47.4 Å². The average molecular weight is 1320 g/mol. The molecule has 0 fully saturated rings. The van der Waals surface area contributed by atoms with E-state index in [0.717, 1.165) is 80.9 Å². The highest BCUT2D eigenvalue weighted by atomic mass is 79.9. The van der Waals surface area contributed by atoms with E-state index in [1.807, 2.05) is 125 Å². The third kappa shape index (κ3) is 15.5. The number of hydrogen-bond donors (Lipinski definition) is 5. The van der Waals surface area contributed by atoms with Crippen LogP contribution in [0.2, 0.25) is 0 Å². The van der Waals surface area contributed by atoms with Crippen LogP contribution in [0.1, 0.15) is 50.7 Å². The van der Waals surface area contributed by atoms with Gasteiger partial charge in [0.25, 0.3) is 23.4 Å². The van der Waals surface area contributed by atoms with Crippen LogP contribution in [-0.4, -0.2) is 91.6 Å². The molecule has 11 rings (SSSR count). The van der Waals surface area contributed by atoms with E-state index in [9.17, 15) is 24.5 Å². The van der Waals surface area contributed by atoms with Crippen molar-refractivity contribution in [1.29, 1.82) is 0 Å². The van der Waals surface area contributed by atoms with Crippen molar-refractivity contribution in [2.45, 2.75) is 26.4 Å². The fourth-order valence-corrected chi connectivity index (χ4v) is 9.34. The van der Waals surface area contributed by atoms with E-state index in [0.29, 0.717) is 11.3 Å². The Balaban J connectivity index is 0.000000163. The van der Waals surface area contributed by atoms with Crippen LogP contribution in [0.5, 0.6) is 0 Å². The van der Waals surface area contributed by atoms with Gasteiger partial charge in [-0.15, -0.1) is 0 Å². The summed E-state index contributed by atoms with van der Waals surface area (Å²) in [4.78, 5) is 72.7. The van der Waals surface area contributed by atoms with Crippen LogP contribution in [0.15, 0.2) is 190 Å². The molecule has 7 aromatic heterocycles. The van der Waals surface area contributed by atoms with Gasteiger partial charge in [-0.25, -0.2) is 19.6 Å². The number of imidazole rings is 2. The molecule has 0 unspecified atom stereocenters. The molecule has 7 heterocycles. The summed E-state index contributed by atoms with van der Waals surface area (Å²) in [7, 11) is 7.45. The minimum Gasteiger partial charge on any atom is -0.386 e. The molecule has 426 valence electrons. The van der Waals surface area contributed by atoms with Gasteiger partial charge >= 0.3 is 0 Å². The number of carbonyl (C=O) groups is 3. The molecule has 3 amide bonds. The maximum atomic E-state index is 12.6. The van der Waals surface area contributed by atoms with Gasteiger partial charge in [0.15, 0.2) is 0 Å². The number of aromatic nitrogens is 10. The van der Waals surface area contributed by atoms with Gasteiger partial charge in [0.1, 0.15) is 28.7 Å². The number of amides is 3. The monoisotopic (exact) mass is 1320 g/mol. The van der Waals surface area contributed by atoms with Crippen molar-refractivity contribution in [3.05, 3.63) is 223 Å². The lowest BCUT2D eigenvalue weighted by atomic mass is 10.2. The molecular formula is C60H55Br3N16O5. The zero-order valence-corrected chi connectivity index (χ0v) is 50.9. The number of anilines is 3. The number of nitrogens with one attached hydrogen (secondary N) is 5. The van der Waals surface area contributed by atoms with Crippen LogP contribution in [0, 0.1) is 10.1 Å². The van der Waals surface area contributed by atoms with Gasteiger partial charge in [-0.2, -0.15) is 5.10 Å². The zero-order chi connectivity index (χ0) is 59.9. The van der Waals surface area contributed by atoms with Crippen molar-refractivity contribution in [1.82, 2.24) is 59.5 Å². The fraction of sp³-hybridized carbons (Fsp3) is 0.133. The quantitative estimate of drug-likeness (QED) is 0.0531. The molecule has 0 aliphatic carbocycles. The van der Waals surface area contributed by atoms with Gasteiger partial charge in [0, 0.05) is 120 Å². The number of nitrogens with zero attached hydrogens (tertiary/aromatic N) is 11. The van der Waals surface area contributed by atoms with Gasteiger partial charge in [-0.1, -0.05) is 53.9 Å². The predicted molar refractivity (Wildman–Crippen MR) is 337 cm³/mol. The van der Waals surface area contributed by atoms with E-state index in [1.54, 1.807) is 85.2 Å². The molecule has 0 atom stereocenters. The predicted octanol–water partition coefficient (Wildman–Crippen LogP) is 12.2. The standard InChI is InChI=1S/C27H26N8O2.C13H12BrN3O.C13H10BrN3.C7H7BrN2O2/c1-17(2)31-27(37)23-8-4-7-22(32-23)26(36)29-13-18-14-30-35(16-18)20-9-10-21-24(12-20)34(3)25(33-21)19-6-5-11-28-15-19;1-15-12-7-10(14)4-5-11(12)17-13(18)9-3-2-6-16-8-9;1-17-12-7-10(14)4-5-11(12)16-13(17)9-3-2-6-15-8-9;1-9-6-4-5(8)2-3-7(6)10(11)12/h4-12,14-17H,13H2,1-3H3,(H,29,36)(H,31,37);2-8,15H,1H3,(H,17,18);2-8H,1H3;2-4,9H,1H3. The number of pyridine rings is 4. The topological polar surface area (TPSA) is 260 Å². The highest BCUT2D eigenvalue weighted by Crippen LogP contribution is 2.29. The Bertz CT molecular complexity index is 4100. The van der Waals surface area contributed by atoms with Gasteiger partial charge in [-0.3, -0.25) is 39.4 Å². The first-order valence-corrected chi connectivity index (χ1v) is 28.2. The second kappa shape index (κ2) is 28.5. The third-order valence-corrected chi connectivity index (χ3v) is 13.9. The lowest BCUT2D eigenvalue weighted by molar-refractivity contribution is -0.384. The van der Waals surface area contributed by atoms with Gasteiger partial charge in [-0.05, 0) is 129 Å². The van der Waals surface area contributed by atoms with Crippen LogP contribution < -0.4 is 26.6 Å². The lowest BCUT2D eigenvalue weighted by Gasteiger charge is -2.11. The van der Waals surface area contributed by atoms with Crippen LogP contribution in [0.4, 0.5) is 22.7 Å². The van der Waals surface area contributed by atoms with E-state index < -0.39 is 4.92 Å². The maximum absolute atomic E-state index is 12.6. The van der Waals surface area contributed by atoms with Crippen LogP contribution in [0.3, 0.4) is 0 Å². The first-order chi connectivity index (χ1) is 40.5. The largest absolute Gasteiger partial charge is 0.386 e. The molecule has 0 aliphatic rings. The summed E-state index contributed by atoms with van der Waals surface area (Å²) >= 11 is 10.1. The Morgan fingerprint density at radius 2 is 1.15 bits per heavy atom. The van der Waals surface area contributed by atoms with E-state index >= 15 is 0 Å². The molecular weight excluding hydrogens is 1260 g/mol. The lowest BCUT2D eigenvalue weighted by Crippen LogP contribution is -2.31. The minimum atomic E-state index is -0.418. The first kappa shape index (κ1) is 60.6. The van der Waals surface area contributed by atoms with Crippen LogP contribution >= 0.6 is 47.8 Å². The summed E-state index contributed by atoms with van der Waals surface area (Å²) in [6, 6.07) is 38.4. The van der Waals surface area contributed by atoms with Crippen molar-refractivity contribution in [3.8, 4) is 28.5 Å². The Hall–Kier alpha value is -9.52. The van der Waals surface area contributed by atoms with Crippen LogP contribution in [0.25, 0.3) is 50.5 Å². The number of benzene rings is 4. The molecule has 0 aliphatic heterocycles. The number of aryl methyl sites for hydroxylation is 2. The van der Waals surface area contributed by atoms with Crippen molar-refractivity contribution >= 4 is 110 Å². The number of halogens is 3. The molecule has 4 aromatic carbocycles. The molecule has 21 nitrogen and oxygen atoms in total.